The van der Waals surface area contributed by atoms with Crippen LogP contribution in [-0.2, 0) is 6.18 Å². The molecule has 0 saturated carbocycles. The molecule has 9 heteroatoms. The zero-order valence-corrected chi connectivity index (χ0v) is 14.0. The first kappa shape index (κ1) is 19.3. The summed E-state index contributed by atoms with van der Waals surface area (Å²) in [4.78, 5) is 16.1. The third kappa shape index (κ3) is 4.43. The third-order valence-electron chi connectivity index (χ3n) is 3.68. The first-order valence-corrected chi connectivity index (χ1v) is 7.89. The SMILES string of the molecule is O=C(Nc1cccc(C(F)(F)F)c1)c1cncc(Nc2c(F)cccc2F)c1. The number of aromatic nitrogens is 1. The van der Waals surface area contributed by atoms with Gasteiger partial charge in [-0.1, -0.05) is 12.1 Å². The highest BCUT2D eigenvalue weighted by atomic mass is 19.4. The van der Waals surface area contributed by atoms with E-state index in [0.29, 0.717) is 0 Å². The van der Waals surface area contributed by atoms with Gasteiger partial charge in [-0.25, -0.2) is 8.78 Å². The molecule has 0 atom stereocenters. The van der Waals surface area contributed by atoms with E-state index >= 15 is 0 Å². The van der Waals surface area contributed by atoms with Crippen molar-refractivity contribution in [3.63, 3.8) is 0 Å². The predicted molar refractivity (Wildman–Crippen MR) is 93.3 cm³/mol. The second-order valence-electron chi connectivity index (χ2n) is 5.72. The fraction of sp³-hybridized carbons (Fsp3) is 0.0526. The molecule has 28 heavy (non-hydrogen) atoms. The summed E-state index contributed by atoms with van der Waals surface area (Å²) in [5.41, 5.74) is -1.27. The number of hydrogen-bond acceptors (Lipinski definition) is 3. The Morgan fingerprint density at radius 3 is 2.25 bits per heavy atom. The second-order valence-corrected chi connectivity index (χ2v) is 5.72. The van der Waals surface area contributed by atoms with Crippen molar-refractivity contribution in [3.8, 4) is 0 Å². The molecule has 144 valence electrons. The van der Waals surface area contributed by atoms with Gasteiger partial charge in [-0.3, -0.25) is 9.78 Å². The van der Waals surface area contributed by atoms with Crippen molar-refractivity contribution >= 4 is 23.0 Å². The van der Waals surface area contributed by atoms with Crippen molar-refractivity contribution in [2.45, 2.75) is 6.18 Å². The number of nitrogens with one attached hydrogen (secondary N) is 2. The lowest BCUT2D eigenvalue weighted by molar-refractivity contribution is -0.137. The van der Waals surface area contributed by atoms with Crippen LogP contribution in [0.5, 0.6) is 0 Å². The summed E-state index contributed by atoms with van der Waals surface area (Å²) in [7, 11) is 0. The van der Waals surface area contributed by atoms with Crippen LogP contribution < -0.4 is 10.6 Å². The molecule has 3 aromatic rings. The maximum atomic E-state index is 13.7. The minimum absolute atomic E-state index is 0.0147. The van der Waals surface area contributed by atoms with E-state index in [1.807, 2.05) is 0 Å². The van der Waals surface area contributed by atoms with Crippen LogP contribution in [0.25, 0.3) is 0 Å². The summed E-state index contributed by atoms with van der Waals surface area (Å²) >= 11 is 0. The van der Waals surface area contributed by atoms with E-state index in [0.717, 1.165) is 30.3 Å². The predicted octanol–water partition coefficient (Wildman–Crippen LogP) is 5.37. The lowest BCUT2D eigenvalue weighted by Gasteiger charge is -2.11. The zero-order valence-electron chi connectivity index (χ0n) is 14.0. The van der Waals surface area contributed by atoms with Crippen molar-refractivity contribution in [2.75, 3.05) is 10.6 Å². The molecule has 0 bridgehead atoms. The number of pyridine rings is 1. The molecule has 2 N–H and O–H groups in total. The number of amides is 1. The molecule has 1 heterocycles. The van der Waals surface area contributed by atoms with Gasteiger partial charge in [0.1, 0.15) is 17.3 Å². The Kier molecular flexibility index (Phi) is 5.25. The van der Waals surface area contributed by atoms with Crippen LogP contribution in [-0.4, -0.2) is 10.9 Å². The number of rotatable bonds is 4. The Labute approximate surface area is 156 Å². The van der Waals surface area contributed by atoms with E-state index in [1.165, 1.54) is 30.6 Å². The molecule has 0 radical (unpaired) electrons. The van der Waals surface area contributed by atoms with Crippen LogP contribution in [0.15, 0.2) is 60.9 Å². The highest BCUT2D eigenvalue weighted by molar-refractivity contribution is 6.04. The summed E-state index contributed by atoms with van der Waals surface area (Å²) in [5, 5.41) is 4.82. The smallest absolute Gasteiger partial charge is 0.349 e. The maximum absolute atomic E-state index is 13.7. The molecule has 0 saturated heterocycles. The normalized spacial score (nSPS) is 11.2. The number of halogens is 5. The molecular formula is C19H12F5N3O. The number of hydrogen-bond donors (Lipinski definition) is 2. The van der Waals surface area contributed by atoms with Crippen molar-refractivity contribution < 1.29 is 26.7 Å². The van der Waals surface area contributed by atoms with Gasteiger partial charge in [0.25, 0.3) is 5.91 Å². The van der Waals surface area contributed by atoms with Gasteiger partial charge >= 0.3 is 6.18 Å². The van der Waals surface area contributed by atoms with E-state index in [-0.39, 0.29) is 16.9 Å². The van der Waals surface area contributed by atoms with E-state index in [4.69, 9.17) is 0 Å². The van der Waals surface area contributed by atoms with Gasteiger partial charge in [-0.05, 0) is 36.4 Å². The highest BCUT2D eigenvalue weighted by Crippen LogP contribution is 2.31. The van der Waals surface area contributed by atoms with Gasteiger partial charge in [-0.15, -0.1) is 0 Å². The van der Waals surface area contributed by atoms with Crippen LogP contribution in [0.2, 0.25) is 0 Å². The number of carbonyl (C=O) groups excluding carboxylic acids is 1. The monoisotopic (exact) mass is 393 g/mol. The molecule has 4 nitrogen and oxygen atoms in total. The quantitative estimate of drug-likeness (QED) is 0.586. The Bertz CT molecular complexity index is 1000. The van der Waals surface area contributed by atoms with Crippen molar-refractivity contribution in [2.24, 2.45) is 0 Å². The van der Waals surface area contributed by atoms with Gasteiger partial charge in [-0.2, -0.15) is 13.2 Å². The maximum Gasteiger partial charge on any atom is 0.416 e. The van der Waals surface area contributed by atoms with Gasteiger partial charge < -0.3 is 10.6 Å². The molecule has 0 aliphatic rings. The fourth-order valence-corrected chi connectivity index (χ4v) is 2.37. The van der Waals surface area contributed by atoms with Crippen LogP contribution >= 0.6 is 0 Å². The Hall–Kier alpha value is -3.49. The summed E-state index contributed by atoms with van der Waals surface area (Å²) in [5.74, 6) is -2.40. The van der Waals surface area contributed by atoms with Gasteiger partial charge in [0, 0.05) is 11.9 Å². The molecule has 2 aromatic carbocycles. The average Bonchev–Trinajstić information content (AvgIpc) is 2.65. The number of nitrogens with zero attached hydrogens (tertiary/aromatic N) is 1. The molecule has 0 spiro atoms. The molecule has 0 aliphatic heterocycles. The molecule has 0 fully saturated rings. The number of para-hydroxylation sites is 1. The van der Waals surface area contributed by atoms with Crippen molar-refractivity contribution in [1.29, 1.82) is 0 Å². The summed E-state index contributed by atoms with van der Waals surface area (Å²) < 4.78 is 65.7. The van der Waals surface area contributed by atoms with Crippen LogP contribution in [0.1, 0.15) is 15.9 Å². The highest BCUT2D eigenvalue weighted by Gasteiger charge is 2.30. The molecule has 3 rings (SSSR count). The topological polar surface area (TPSA) is 54.0 Å². The fourth-order valence-electron chi connectivity index (χ4n) is 2.37. The van der Waals surface area contributed by atoms with Crippen LogP contribution in [0, 0.1) is 11.6 Å². The van der Waals surface area contributed by atoms with E-state index in [2.05, 4.69) is 15.6 Å². The Balaban J connectivity index is 1.80. The minimum atomic E-state index is -4.55. The number of benzene rings is 2. The Morgan fingerprint density at radius 2 is 1.57 bits per heavy atom. The summed E-state index contributed by atoms with van der Waals surface area (Å²) in [6, 6.07) is 8.72. The van der Waals surface area contributed by atoms with E-state index in [1.54, 1.807) is 0 Å². The first-order chi connectivity index (χ1) is 13.2. The van der Waals surface area contributed by atoms with Crippen molar-refractivity contribution in [3.05, 3.63) is 83.7 Å². The molecule has 1 amide bonds. The van der Waals surface area contributed by atoms with Crippen LogP contribution in [0.3, 0.4) is 0 Å². The van der Waals surface area contributed by atoms with Gasteiger partial charge in [0.05, 0.1) is 23.0 Å². The molecular weight excluding hydrogens is 381 g/mol. The first-order valence-electron chi connectivity index (χ1n) is 7.89. The molecule has 1 aromatic heterocycles. The average molecular weight is 393 g/mol. The molecule has 0 aliphatic carbocycles. The summed E-state index contributed by atoms with van der Waals surface area (Å²) in [6.45, 7) is 0. The largest absolute Gasteiger partial charge is 0.416 e. The number of anilines is 3. The van der Waals surface area contributed by atoms with Gasteiger partial charge in [0.2, 0.25) is 0 Å². The molecule has 0 unspecified atom stereocenters. The third-order valence-corrected chi connectivity index (χ3v) is 3.68. The number of carbonyl (C=O) groups is 1. The second kappa shape index (κ2) is 7.63. The lowest BCUT2D eigenvalue weighted by atomic mass is 10.2. The lowest BCUT2D eigenvalue weighted by Crippen LogP contribution is -2.13. The van der Waals surface area contributed by atoms with Crippen molar-refractivity contribution in [1.82, 2.24) is 4.98 Å². The minimum Gasteiger partial charge on any atom is -0.349 e. The van der Waals surface area contributed by atoms with E-state index < -0.39 is 35.0 Å². The summed E-state index contributed by atoms with van der Waals surface area (Å²) in [6.07, 6.45) is -2.13. The zero-order chi connectivity index (χ0) is 20.3. The van der Waals surface area contributed by atoms with E-state index in [9.17, 15) is 26.7 Å². The number of alkyl halides is 3. The Morgan fingerprint density at radius 1 is 0.893 bits per heavy atom. The van der Waals surface area contributed by atoms with Crippen LogP contribution in [0.4, 0.5) is 39.0 Å². The van der Waals surface area contributed by atoms with Gasteiger partial charge in [0.15, 0.2) is 0 Å². The standard InChI is InChI=1S/C19H12F5N3O/c20-15-5-2-6-16(21)17(15)26-14-7-11(9-25-10-14)18(28)27-13-4-1-3-12(8-13)19(22,23)24/h1-10,26H,(H,27,28).